The van der Waals surface area contributed by atoms with Crippen LogP contribution in [0.1, 0.15) is 32.8 Å². The van der Waals surface area contributed by atoms with Gasteiger partial charge in [-0.1, -0.05) is 12.1 Å². The van der Waals surface area contributed by atoms with Crippen LogP contribution < -0.4 is 5.32 Å². The second-order valence-electron chi connectivity index (χ2n) is 5.13. The molecule has 0 aliphatic rings. The summed E-state index contributed by atoms with van der Waals surface area (Å²) in [5, 5.41) is 3.51. The fourth-order valence-electron chi connectivity index (χ4n) is 1.55. The van der Waals surface area contributed by atoms with E-state index in [4.69, 9.17) is 0 Å². The zero-order valence-electron chi connectivity index (χ0n) is 10.8. The van der Waals surface area contributed by atoms with E-state index in [1.54, 1.807) is 11.8 Å². The summed E-state index contributed by atoms with van der Waals surface area (Å²) < 4.78 is 0. The summed E-state index contributed by atoms with van der Waals surface area (Å²) in [6, 6.07) is 8.89. The first-order chi connectivity index (χ1) is 7.51. The lowest BCUT2D eigenvalue weighted by molar-refractivity contribution is 0.422. The predicted molar refractivity (Wildman–Crippen MR) is 74.3 cm³/mol. The first kappa shape index (κ1) is 13.6. The Kier molecular flexibility index (Phi) is 5.36. The van der Waals surface area contributed by atoms with Crippen LogP contribution in [0.3, 0.4) is 0 Å². The van der Waals surface area contributed by atoms with Crippen molar-refractivity contribution in [1.29, 1.82) is 0 Å². The van der Waals surface area contributed by atoms with Crippen molar-refractivity contribution < 1.29 is 0 Å². The lowest BCUT2D eigenvalue weighted by atomic mass is 10.1. The first-order valence-electron chi connectivity index (χ1n) is 5.89. The van der Waals surface area contributed by atoms with Crippen LogP contribution in [-0.2, 0) is 6.42 Å². The molecular formula is C14H23NS. The van der Waals surface area contributed by atoms with Crippen molar-refractivity contribution in [2.75, 3.05) is 12.8 Å². The van der Waals surface area contributed by atoms with Crippen LogP contribution in [0.15, 0.2) is 29.2 Å². The van der Waals surface area contributed by atoms with Gasteiger partial charge in [0.2, 0.25) is 0 Å². The van der Waals surface area contributed by atoms with Gasteiger partial charge in [0.15, 0.2) is 0 Å². The molecule has 0 unspecified atom stereocenters. The van der Waals surface area contributed by atoms with E-state index < -0.39 is 0 Å². The molecule has 2 heteroatoms. The molecule has 0 saturated heterocycles. The van der Waals surface area contributed by atoms with Crippen molar-refractivity contribution in [3.63, 3.8) is 0 Å². The number of thioether (sulfide) groups is 1. The molecule has 0 amide bonds. The highest BCUT2D eigenvalue weighted by Crippen LogP contribution is 2.15. The molecule has 90 valence electrons. The average Bonchev–Trinajstić information content (AvgIpc) is 2.24. The molecule has 1 nitrogen and oxygen atoms in total. The largest absolute Gasteiger partial charge is 0.312 e. The Morgan fingerprint density at radius 3 is 2.25 bits per heavy atom. The molecule has 0 fully saturated rings. The molecule has 1 aromatic carbocycles. The van der Waals surface area contributed by atoms with Gasteiger partial charge in [0.05, 0.1) is 0 Å². The molecule has 1 N–H and O–H groups in total. The summed E-state index contributed by atoms with van der Waals surface area (Å²) in [6.07, 6.45) is 4.48. The van der Waals surface area contributed by atoms with Gasteiger partial charge in [0, 0.05) is 10.4 Å². The number of rotatable bonds is 5. The fraction of sp³-hybridized carbons (Fsp3) is 0.571. The van der Waals surface area contributed by atoms with Gasteiger partial charge >= 0.3 is 0 Å². The molecule has 1 aromatic rings. The maximum Gasteiger partial charge on any atom is 0.00965 e. The summed E-state index contributed by atoms with van der Waals surface area (Å²) in [5.74, 6) is 0. The van der Waals surface area contributed by atoms with Gasteiger partial charge < -0.3 is 5.32 Å². The molecule has 0 aliphatic carbocycles. The highest BCUT2D eigenvalue weighted by molar-refractivity contribution is 7.98. The first-order valence-corrected chi connectivity index (χ1v) is 7.12. The van der Waals surface area contributed by atoms with E-state index in [1.807, 2.05) is 0 Å². The maximum atomic E-state index is 3.51. The number of benzene rings is 1. The van der Waals surface area contributed by atoms with E-state index in [1.165, 1.54) is 16.9 Å². The van der Waals surface area contributed by atoms with Crippen LogP contribution in [0.4, 0.5) is 0 Å². The molecule has 16 heavy (non-hydrogen) atoms. The highest BCUT2D eigenvalue weighted by Gasteiger charge is 2.06. The molecule has 0 spiro atoms. The molecule has 0 aromatic heterocycles. The summed E-state index contributed by atoms with van der Waals surface area (Å²) in [5.41, 5.74) is 1.68. The average molecular weight is 237 g/mol. The van der Waals surface area contributed by atoms with E-state index in [2.05, 4.69) is 56.6 Å². The number of hydrogen-bond acceptors (Lipinski definition) is 2. The van der Waals surface area contributed by atoms with Gasteiger partial charge in [-0.15, -0.1) is 11.8 Å². The van der Waals surface area contributed by atoms with E-state index in [0.29, 0.717) is 0 Å². The summed E-state index contributed by atoms with van der Waals surface area (Å²) in [4.78, 5) is 1.34. The van der Waals surface area contributed by atoms with Gasteiger partial charge in [-0.2, -0.15) is 0 Å². The molecule has 0 aliphatic heterocycles. The fourth-order valence-corrected chi connectivity index (χ4v) is 1.96. The van der Waals surface area contributed by atoms with Crippen LogP contribution in [0.5, 0.6) is 0 Å². The second kappa shape index (κ2) is 6.31. The lowest BCUT2D eigenvalue weighted by Crippen LogP contribution is -2.36. The van der Waals surface area contributed by atoms with Crippen molar-refractivity contribution in [3.8, 4) is 0 Å². The molecular weight excluding hydrogens is 214 g/mol. The van der Waals surface area contributed by atoms with Crippen LogP contribution in [0, 0.1) is 0 Å². The molecule has 0 heterocycles. The van der Waals surface area contributed by atoms with E-state index in [-0.39, 0.29) is 5.54 Å². The van der Waals surface area contributed by atoms with Crippen LogP contribution in [-0.4, -0.2) is 18.3 Å². The van der Waals surface area contributed by atoms with Crippen molar-refractivity contribution in [1.82, 2.24) is 5.32 Å². The molecule has 0 saturated carbocycles. The van der Waals surface area contributed by atoms with Crippen molar-refractivity contribution >= 4 is 11.8 Å². The van der Waals surface area contributed by atoms with Crippen LogP contribution in [0.25, 0.3) is 0 Å². The monoisotopic (exact) mass is 237 g/mol. The minimum absolute atomic E-state index is 0.239. The Morgan fingerprint density at radius 1 is 1.12 bits per heavy atom. The van der Waals surface area contributed by atoms with Crippen LogP contribution in [0.2, 0.25) is 0 Å². The quantitative estimate of drug-likeness (QED) is 0.618. The van der Waals surface area contributed by atoms with Gasteiger partial charge in [0.25, 0.3) is 0 Å². The standard InChI is InChI=1S/C14H23NS/c1-14(2,3)15-11-5-6-12-7-9-13(16-4)10-8-12/h7-10,15H,5-6,11H2,1-4H3. The summed E-state index contributed by atoms with van der Waals surface area (Å²) in [7, 11) is 0. The topological polar surface area (TPSA) is 12.0 Å². The number of hydrogen-bond donors (Lipinski definition) is 1. The normalized spacial score (nSPS) is 11.8. The van der Waals surface area contributed by atoms with Crippen molar-refractivity contribution in [2.24, 2.45) is 0 Å². The van der Waals surface area contributed by atoms with Crippen molar-refractivity contribution in [3.05, 3.63) is 29.8 Å². The molecule has 0 atom stereocenters. The minimum atomic E-state index is 0.239. The van der Waals surface area contributed by atoms with E-state index >= 15 is 0 Å². The molecule has 1 rings (SSSR count). The lowest BCUT2D eigenvalue weighted by Gasteiger charge is -2.20. The van der Waals surface area contributed by atoms with Crippen molar-refractivity contribution in [2.45, 2.75) is 44.0 Å². The Balaban J connectivity index is 2.27. The maximum absolute atomic E-state index is 3.51. The minimum Gasteiger partial charge on any atom is -0.312 e. The Bertz CT molecular complexity index is 298. The Labute approximate surface area is 104 Å². The Morgan fingerprint density at radius 2 is 1.75 bits per heavy atom. The summed E-state index contributed by atoms with van der Waals surface area (Å²) >= 11 is 1.80. The van der Waals surface area contributed by atoms with E-state index in [9.17, 15) is 0 Å². The molecule has 0 radical (unpaired) electrons. The third-order valence-electron chi connectivity index (χ3n) is 2.46. The zero-order valence-corrected chi connectivity index (χ0v) is 11.7. The van der Waals surface area contributed by atoms with Gasteiger partial charge in [-0.05, 0) is 64.1 Å². The van der Waals surface area contributed by atoms with Gasteiger partial charge in [-0.3, -0.25) is 0 Å². The van der Waals surface area contributed by atoms with Gasteiger partial charge in [0.1, 0.15) is 0 Å². The second-order valence-corrected chi connectivity index (χ2v) is 6.01. The number of nitrogens with one attached hydrogen (secondary N) is 1. The summed E-state index contributed by atoms with van der Waals surface area (Å²) in [6.45, 7) is 7.72. The zero-order chi connectivity index (χ0) is 12.0. The number of aryl methyl sites for hydroxylation is 1. The van der Waals surface area contributed by atoms with Gasteiger partial charge in [-0.25, -0.2) is 0 Å². The van der Waals surface area contributed by atoms with E-state index in [0.717, 1.165) is 13.0 Å². The Hall–Kier alpha value is -0.470. The smallest absolute Gasteiger partial charge is 0.00965 e. The SMILES string of the molecule is CSc1ccc(CCCNC(C)(C)C)cc1. The molecule has 0 bridgehead atoms. The predicted octanol–water partition coefficient (Wildman–Crippen LogP) is 3.73. The highest BCUT2D eigenvalue weighted by atomic mass is 32.2. The van der Waals surface area contributed by atoms with Crippen LogP contribution >= 0.6 is 11.8 Å². The third kappa shape index (κ3) is 5.57. The third-order valence-corrected chi connectivity index (χ3v) is 3.20.